The van der Waals surface area contributed by atoms with Crippen molar-refractivity contribution in [2.45, 2.75) is 84.2 Å². The van der Waals surface area contributed by atoms with E-state index in [4.69, 9.17) is 18.8 Å². The van der Waals surface area contributed by atoms with Gasteiger partial charge < -0.3 is 23.7 Å². The van der Waals surface area contributed by atoms with E-state index in [0.29, 0.717) is 31.9 Å². The minimum absolute atomic E-state index is 0.143. The number of esters is 1. The molecule has 0 unspecified atom stereocenters. The van der Waals surface area contributed by atoms with Crippen LogP contribution >= 0.6 is 0 Å². The highest BCUT2D eigenvalue weighted by atomic mass is 16.7. The predicted octanol–water partition coefficient (Wildman–Crippen LogP) is 2.15. The van der Waals surface area contributed by atoms with Crippen LogP contribution in [-0.4, -0.2) is 83.6 Å². The highest BCUT2D eigenvalue weighted by Gasteiger charge is 2.52. The van der Waals surface area contributed by atoms with E-state index in [1.54, 1.807) is 33.2 Å². The lowest BCUT2D eigenvalue weighted by Gasteiger charge is -2.38. The summed E-state index contributed by atoms with van der Waals surface area (Å²) in [6.45, 7) is 14.6. The Kier molecular flexibility index (Phi) is 7.47. The molecule has 3 rings (SSSR count). The molecule has 2 aliphatic rings. The summed E-state index contributed by atoms with van der Waals surface area (Å²) in [5.41, 5.74) is -0.740. The Morgan fingerprint density at radius 1 is 1.12 bits per heavy atom. The molecule has 2 fully saturated rings. The molecule has 0 saturated carbocycles. The van der Waals surface area contributed by atoms with Gasteiger partial charge in [0.15, 0.2) is 0 Å². The number of rotatable bonds is 5. The van der Waals surface area contributed by atoms with Crippen molar-refractivity contribution in [2.24, 2.45) is 0 Å². The second-order valence-electron chi connectivity index (χ2n) is 10.8. The van der Waals surface area contributed by atoms with Crippen molar-refractivity contribution < 1.29 is 28.4 Å². The van der Waals surface area contributed by atoms with Crippen LogP contribution in [0.4, 0.5) is 10.7 Å². The number of nitrogens with zero attached hydrogens (tertiary/aromatic N) is 4. The van der Waals surface area contributed by atoms with E-state index in [1.807, 2.05) is 27.7 Å². The zero-order valence-electron chi connectivity index (χ0n) is 21.6. The molecule has 1 aromatic heterocycles. The molecule has 0 atom stereocenters. The molecule has 1 amide bonds. The molecule has 34 heavy (non-hydrogen) atoms. The fourth-order valence-corrected chi connectivity index (χ4v) is 3.84. The van der Waals surface area contributed by atoms with Crippen molar-refractivity contribution in [2.75, 3.05) is 31.6 Å². The largest absolute Gasteiger partial charge is 0.498 e. The molecule has 10 nitrogen and oxygen atoms in total. The van der Waals surface area contributed by atoms with Gasteiger partial charge in [0, 0.05) is 37.0 Å². The summed E-state index contributed by atoms with van der Waals surface area (Å²) < 4.78 is 22.4. The summed E-state index contributed by atoms with van der Waals surface area (Å²) in [6.07, 6.45) is 4.26. The van der Waals surface area contributed by atoms with Gasteiger partial charge in [0.1, 0.15) is 12.1 Å². The zero-order chi connectivity index (χ0) is 25.3. The van der Waals surface area contributed by atoms with E-state index >= 15 is 0 Å². The van der Waals surface area contributed by atoms with Gasteiger partial charge in [-0.1, -0.05) is 0 Å². The van der Waals surface area contributed by atoms with Crippen molar-refractivity contribution in [1.29, 1.82) is 0 Å². The number of hydrogen-bond acceptors (Lipinski definition) is 9. The Hall–Kier alpha value is -2.40. The van der Waals surface area contributed by atoms with Crippen LogP contribution in [0.25, 0.3) is 0 Å². The molecule has 0 aromatic carbocycles. The molecule has 188 valence electrons. The first-order valence-electron chi connectivity index (χ1n) is 11.7. The molecule has 0 bridgehead atoms. The fourth-order valence-electron chi connectivity index (χ4n) is 3.84. The standard InChI is InChI=1S/C23H37BN4O6/c1-21(2,3)32-20(30)28(15-18(29)31-8)17-9-11-27(12-10-17)19-25-13-16(14-26-19)24-33-22(4,5)23(6,7)34-24/h13-14,17H,9-12,15H2,1-8H3. The molecule has 0 aliphatic carbocycles. The van der Waals surface area contributed by atoms with Gasteiger partial charge >= 0.3 is 19.2 Å². The Morgan fingerprint density at radius 2 is 1.65 bits per heavy atom. The molecule has 2 aliphatic heterocycles. The van der Waals surface area contributed by atoms with Crippen LogP contribution in [0.15, 0.2) is 12.4 Å². The van der Waals surface area contributed by atoms with Gasteiger partial charge in [0.05, 0.1) is 18.3 Å². The summed E-state index contributed by atoms with van der Waals surface area (Å²) in [7, 11) is 0.800. The van der Waals surface area contributed by atoms with Crippen LogP contribution in [0.1, 0.15) is 61.3 Å². The number of carbonyl (C=O) groups is 2. The zero-order valence-corrected chi connectivity index (χ0v) is 21.6. The average Bonchev–Trinajstić information content (AvgIpc) is 2.97. The number of carbonyl (C=O) groups excluding carboxylic acids is 2. The second kappa shape index (κ2) is 9.69. The lowest BCUT2D eigenvalue weighted by atomic mass is 9.81. The van der Waals surface area contributed by atoms with Gasteiger partial charge in [-0.3, -0.25) is 9.69 Å². The molecular weight excluding hydrogens is 439 g/mol. The maximum absolute atomic E-state index is 12.7. The van der Waals surface area contributed by atoms with Crippen LogP contribution in [0.3, 0.4) is 0 Å². The van der Waals surface area contributed by atoms with E-state index < -0.39 is 36.0 Å². The summed E-state index contributed by atoms with van der Waals surface area (Å²) in [6, 6.07) is -0.144. The van der Waals surface area contributed by atoms with Gasteiger partial charge in [-0.25, -0.2) is 14.8 Å². The number of aromatic nitrogens is 2. The number of ether oxygens (including phenoxy) is 2. The van der Waals surface area contributed by atoms with Gasteiger partial charge in [0.25, 0.3) is 0 Å². The van der Waals surface area contributed by atoms with Crippen LogP contribution < -0.4 is 10.4 Å². The van der Waals surface area contributed by atoms with E-state index in [-0.39, 0.29) is 12.6 Å². The Balaban J connectivity index is 1.63. The third-order valence-electron chi connectivity index (χ3n) is 6.53. The predicted molar refractivity (Wildman–Crippen MR) is 128 cm³/mol. The quantitative estimate of drug-likeness (QED) is 0.467. The molecule has 1 aromatic rings. The third-order valence-corrected chi connectivity index (χ3v) is 6.53. The fraction of sp³-hybridized carbons (Fsp3) is 0.739. The van der Waals surface area contributed by atoms with Gasteiger partial charge in [-0.2, -0.15) is 0 Å². The van der Waals surface area contributed by atoms with Crippen molar-refractivity contribution in [3.63, 3.8) is 0 Å². The van der Waals surface area contributed by atoms with Crippen molar-refractivity contribution in [3.8, 4) is 0 Å². The van der Waals surface area contributed by atoms with Crippen molar-refractivity contribution >= 4 is 30.6 Å². The Labute approximate surface area is 202 Å². The monoisotopic (exact) mass is 476 g/mol. The number of piperidine rings is 1. The van der Waals surface area contributed by atoms with E-state index in [0.717, 1.165) is 5.46 Å². The summed E-state index contributed by atoms with van der Waals surface area (Å²) in [4.78, 5) is 37.3. The van der Waals surface area contributed by atoms with Gasteiger partial charge in [-0.05, 0) is 61.3 Å². The number of amides is 1. The smallest absolute Gasteiger partial charge is 0.468 e. The van der Waals surface area contributed by atoms with Crippen molar-refractivity contribution in [3.05, 3.63) is 12.4 Å². The number of anilines is 1. The van der Waals surface area contributed by atoms with E-state index in [1.165, 1.54) is 12.0 Å². The highest BCUT2D eigenvalue weighted by Crippen LogP contribution is 2.36. The minimum atomic E-state index is -0.654. The first-order valence-corrected chi connectivity index (χ1v) is 11.7. The summed E-state index contributed by atoms with van der Waals surface area (Å²) >= 11 is 0. The molecule has 0 N–H and O–H groups in total. The van der Waals surface area contributed by atoms with Crippen molar-refractivity contribution in [1.82, 2.24) is 14.9 Å². The maximum Gasteiger partial charge on any atom is 0.498 e. The van der Waals surface area contributed by atoms with Gasteiger partial charge in [0.2, 0.25) is 5.95 Å². The third kappa shape index (κ3) is 5.99. The van der Waals surface area contributed by atoms with Crippen LogP contribution in [0.2, 0.25) is 0 Å². The van der Waals surface area contributed by atoms with E-state index in [2.05, 4.69) is 14.9 Å². The second-order valence-corrected chi connectivity index (χ2v) is 10.8. The van der Waals surface area contributed by atoms with Crippen LogP contribution in [-0.2, 0) is 23.6 Å². The molecule has 0 spiro atoms. The lowest BCUT2D eigenvalue weighted by Crippen LogP contribution is -2.51. The molecular formula is C23H37BN4O6. The average molecular weight is 476 g/mol. The minimum Gasteiger partial charge on any atom is -0.468 e. The van der Waals surface area contributed by atoms with Gasteiger partial charge in [-0.15, -0.1) is 0 Å². The summed E-state index contributed by atoms with van der Waals surface area (Å²) in [5.74, 6) is 0.130. The first-order chi connectivity index (χ1) is 15.7. The molecule has 2 saturated heterocycles. The first kappa shape index (κ1) is 26.2. The van der Waals surface area contributed by atoms with Crippen LogP contribution in [0.5, 0.6) is 0 Å². The topological polar surface area (TPSA) is 103 Å². The molecule has 3 heterocycles. The SMILES string of the molecule is COC(=O)CN(C(=O)OC(C)(C)C)C1CCN(c2ncc(B3OC(C)(C)C(C)(C)O3)cn2)CC1. The normalized spacial score (nSPS) is 20.2. The number of hydrogen-bond donors (Lipinski definition) is 0. The molecule has 11 heteroatoms. The maximum atomic E-state index is 12.7. The van der Waals surface area contributed by atoms with E-state index in [9.17, 15) is 9.59 Å². The highest BCUT2D eigenvalue weighted by molar-refractivity contribution is 6.61. The molecule has 0 radical (unpaired) electrons. The Morgan fingerprint density at radius 3 is 2.12 bits per heavy atom. The van der Waals surface area contributed by atoms with Crippen LogP contribution in [0, 0.1) is 0 Å². The summed E-state index contributed by atoms with van der Waals surface area (Å²) in [5, 5.41) is 0. The Bertz CT molecular complexity index is 862. The number of methoxy groups -OCH3 is 1. The lowest BCUT2D eigenvalue weighted by molar-refractivity contribution is -0.142.